The minimum absolute atomic E-state index is 0. The Balaban J connectivity index is 0. The van der Waals surface area contributed by atoms with Crippen LogP contribution in [0.25, 0.3) is 0 Å². The molecule has 0 saturated carbocycles. The van der Waals surface area contributed by atoms with E-state index in [1.54, 1.807) is 0 Å². The molecule has 0 aliphatic heterocycles. The Morgan fingerprint density at radius 3 is 0.750 bits per heavy atom. The molecule has 0 bridgehead atoms. The zero-order valence-corrected chi connectivity index (χ0v) is 3.51. The zero-order chi connectivity index (χ0) is 0. The van der Waals surface area contributed by atoms with Crippen LogP contribution in [-0.4, -0.2) is 18.9 Å². The molecule has 0 N–H and O–H groups in total. The standard InChI is InChI=1S/2ClH.Cu.Li.H/h2*1H;;;/q;;+2;;/p-2. The first-order valence-electron chi connectivity index (χ1n) is 0. The second-order valence-corrected chi connectivity index (χ2v) is 0. The van der Waals surface area contributed by atoms with Gasteiger partial charge in [-0.2, -0.15) is 0 Å². The molecule has 0 atom stereocenters. The average molecular weight is 142 g/mol. The fourth-order valence-electron chi connectivity index (χ4n) is 0. The molecule has 0 spiro atoms. The SMILES string of the molecule is [Cl-].[Cl-].[Cu+2].[LiH]. The third-order valence-electron chi connectivity index (χ3n) is 0. The van der Waals surface area contributed by atoms with Gasteiger partial charge in [-0.3, -0.25) is 0 Å². The number of hydrogen-bond donors (Lipinski definition) is 0. The Morgan fingerprint density at radius 1 is 0.750 bits per heavy atom. The molecule has 0 nitrogen and oxygen atoms in total. The minimum atomic E-state index is 0. The molecule has 4 heteroatoms. The van der Waals surface area contributed by atoms with Crippen LogP contribution < -0.4 is 24.8 Å². The van der Waals surface area contributed by atoms with Crippen molar-refractivity contribution in [3.63, 3.8) is 0 Å². The van der Waals surface area contributed by atoms with E-state index >= 15 is 0 Å². The van der Waals surface area contributed by atoms with Gasteiger partial charge in [0.25, 0.3) is 0 Å². The van der Waals surface area contributed by atoms with E-state index in [9.17, 15) is 0 Å². The molecule has 1 radical (unpaired) electrons. The first-order valence-corrected chi connectivity index (χ1v) is 0. The van der Waals surface area contributed by atoms with Crippen molar-refractivity contribution in [2.45, 2.75) is 0 Å². The average Bonchev–Trinajstić information content (AvgIpc) is 0. The Morgan fingerprint density at radius 2 is 0.750 bits per heavy atom. The molecular formula is HCl2CuLi. The van der Waals surface area contributed by atoms with Crippen molar-refractivity contribution in [2.75, 3.05) is 0 Å². The van der Waals surface area contributed by atoms with E-state index in [4.69, 9.17) is 0 Å². The normalized spacial score (nSPS) is 0. The van der Waals surface area contributed by atoms with E-state index in [0.29, 0.717) is 0 Å². The van der Waals surface area contributed by atoms with Crippen LogP contribution in [0.3, 0.4) is 0 Å². The zero-order valence-electron chi connectivity index (χ0n) is 1.06. The van der Waals surface area contributed by atoms with E-state index in [0.717, 1.165) is 0 Å². The van der Waals surface area contributed by atoms with Crippen molar-refractivity contribution in [1.82, 2.24) is 0 Å². The van der Waals surface area contributed by atoms with Gasteiger partial charge in [0.1, 0.15) is 0 Å². The first-order chi connectivity index (χ1) is 0. The van der Waals surface area contributed by atoms with Gasteiger partial charge in [0.05, 0.1) is 0 Å². The van der Waals surface area contributed by atoms with Crippen molar-refractivity contribution in [3.05, 3.63) is 0 Å². The molecule has 0 amide bonds. The number of halogens is 2. The second kappa shape index (κ2) is 22.3. The van der Waals surface area contributed by atoms with Crippen molar-refractivity contribution >= 4 is 18.9 Å². The Bertz CT molecular complexity index is 6.00. The van der Waals surface area contributed by atoms with Crippen LogP contribution in [0.2, 0.25) is 0 Å². The third-order valence-corrected chi connectivity index (χ3v) is 0. The number of rotatable bonds is 0. The van der Waals surface area contributed by atoms with Crippen LogP contribution in [0, 0.1) is 0 Å². The molecule has 0 aromatic rings. The fraction of sp³-hybridized carbons (Fsp3) is 0. The summed E-state index contributed by atoms with van der Waals surface area (Å²) in [5, 5.41) is 0. The summed E-state index contributed by atoms with van der Waals surface area (Å²) >= 11 is 0. The monoisotopic (exact) mass is 141 g/mol. The Kier molecular flexibility index (Phi) is 243. The molecule has 27 valence electrons. The first kappa shape index (κ1) is 43.6. The topological polar surface area (TPSA) is 0 Å². The van der Waals surface area contributed by atoms with Crippen molar-refractivity contribution in [2.24, 2.45) is 0 Å². The molecular weight excluding hydrogens is 141 g/mol. The van der Waals surface area contributed by atoms with Gasteiger partial charge in [0.15, 0.2) is 0 Å². The van der Waals surface area contributed by atoms with Gasteiger partial charge in [-0.25, -0.2) is 0 Å². The number of hydrogen-bond acceptors (Lipinski definition) is 0. The summed E-state index contributed by atoms with van der Waals surface area (Å²) in [5.41, 5.74) is 0. The van der Waals surface area contributed by atoms with Gasteiger partial charge >= 0.3 is 35.9 Å². The summed E-state index contributed by atoms with van der Waals surface area (Å²) in [6.07, 6.45) is 0. The predicted molar refractivity (Wildman–Crippen MR) is 7.15 cm³/mol. The van der Waals surface area contributed by atoms with Gasteiger partial charge in [0, 0.05) is 0 Å². The van der Waals surface area contributed by atoms with Crippen LogP contribution in [0.15, 0.2) is 0 Å². The predicted octanol–water partition coefficient (Wildman–Crippen LogP) is -6.64. The quantitative estimate of drug-likeness (QED) is 0.295. The molecule has 0 rings (SSSR count). The molecule has 0 aromatic heterocycles. The molecule has 0 fully saturated rings. The maximum atomic E-state index is 0. The maximum absolute atomic E-state index is 0. The Hall–Kier alpha value is 1.70. The van der Waals surface area contributed by atoms with E-state index in [1.807, 2.05) is 0 Å². The van der Waals surface area contributed by atoms with Gasteiger partial charge < -0.3 is 24.8 Å². The summed E-state index contributed by atoms with van der Waals surface area (Å²) in [7, 11) is 0. The molecule has 0 aromatic carbocycles. The third kappa shape index (κ3) is 9.34. The molecule has 0 saturated heterocycles. The Labute approximate surface area is 60.6 Å². The van der Waals surface area contributed by atoms with Crippen LogP contribution >= 0.6 is 0 Å². The second-order valence-electron chi connectivity index (χ2n) is 0. The van der Waals surface area contributed by atoms with Crippen LogP contribution in [-0.2, 0) is 17.1 Å². The van der Waals surface area contributed by atoms with Gasteiger partial charge in [-0.1, -0.05) is 0 Å². The fourth-order valence-corrected chi connectivity index (χ4v) is 0. The van der Waals surface area contributed by atoms with E-state index in [-0.39, 0.29) is 60.7 Å². The summed E-state index contributed by atoms with van der Waals surface area (Å²) in [6.45, 7) is 0. The molecule has 0 aliphatic carbocycles. The summed E-state index contributed by atoms with van der Waals surface area (Å²) < 4.78 is 0. The molecule has 0 heterocycles. The van der Waals surface area contributed by atoms with E-state index < -0.39 is 0 Å². The van der Waals surface area contributed by atoms with E-state index in [1.165, 1.54) is 0 Å². The molecule has 0 aliphatic rings. The van der Waals surface area contributed by atoms with Gasteiger partial charge in [-0.15, -0.1) is 0 Å². The van der Waals surface area contributed by atoms with E-state index in [2.05, 4.69) is 0 Å². The van der Waals surface area contributed by atoms with Crippen LogP contribution in [0.4, 0.5) is 0 Å². The van der Waals surface area contributed by atoms with Crippen LogP contribution in [0.1, 0.15) is 0 Å². The van der Waals surface area contributed by atoms with Gasteiger partial charge in [0.2, 0.25) is 0 Å². The molecule has 0 unspecified atom stereocenters. The summed E-state index contributed by atoms with van der Waals surface area (Å²) in [5.74, 6) is 0. The molecule has 4 heavy (non-hydrogen) atoms. The van der Waals surface area contributed by atoms with Crippen molar-refractivity contribution < 1.29 is 41.9 Å². The van der Waals surface area contributed by atoms with Crippen LogP contribution in [0.5, 0.6) is 0 Å². The van der Waals surface area contributed by atoms with Gasteiger partial charge in [-0.05, 0) is 0 Å². The van der Waals surface area contributed by atoms with Crippen molar-refractivity contribution in [1.29, 1.82) is 0 Å². The van der Waals surface area contributed by atoms with Crippen molar-refractivity contribution in [3.8, 4) is 0 Å². The summed E-state index contributed by atoms with van der Waals surface area (Å²) in [4.78, 5) is 0. The summed E-state index contributed by atoms with van der Waals surface area (Å²) in [6, 6.07) is 0.